The Kier molecular flexibility index (Phi) is 6.28. The van der Waals surface area contributed by atoms with Crippen molar-refractivity contribution >= 4 is 23.5 Å². The standard InChI is InChI=1S/C17H22ClNO4/c1-19(10-11-23-15-5-3-2-4-14(15)18)16(20)12-6-8-13(9-7-12)17(21)22/h2-5,12-13H,6-11H2,1H3,(H,21,22). The highest BCUT2D eigenvalue weighted by Gasteiger charge is 2.31. The summed E-state index contributed by atoms with van der Waals surface area (Å²) < 4.78 is 5.59. The number of para-hydroxylation sites is 1. The molecule has 5 nitrogen and oxygen atoms in total. The van der Waals surface area contributed by atoms with Crippen LogP contribution < -0.4 is 4.74 Å². The van der Waals surface area contributed by atoms with Crippen LogP contribution in [-0.2, 0) is 9.59 Å². The summed E-state index contributed by atoms with van der Waals surface area (Å²) in [7, 11) is 1.75. The van der Waals surface area contributed by atoms with Gasteiger partial charge in [0.05, 0.1) is 17.5 Å². The molecule has 1 saturated carbocycles. The quantitative estimate of drug-likeness (QED) is 0.865. The molecule has 0 aliphatic heterocycles. The van der Waals surface area contributed by atoms with Crippen LogP contribution in [-0.4, -0.2) is 42.1 Å². The number of benzene rings is 1. The molecule has 1 amide bonds. The van der Waals surface area contributed by atoms with E-state index in [0.29, 0.717) is 49.6 Å². The SMILES string of the molecule is CN(CCOc1ccccc1Cl)C(=O)C1CCC(C(=O)O)CC1. The predicted molar refractivity (Wildman–Crippen MR) is 87.7 cm³/mol. The number of rotatable bonds is 6. The van der Waals surface area contributed by atoms with E-state index < -0.39 is 5.97 Å². The second-order valence-electron chi connectivity index (χ2n) is 5.93. The molecule has 1 aromatic carbocycles. The number of carboxylic acids is 1. The third-order valence-electron chi connectivity index (χ3n) is 4.32. The van der Waals surface area contributed by atoms with Crippen molar-refractivity contribution < 1.29 is 19.4 Å². The molecule has 0 saturated heterocycles. The number of ether oxygens (including phenoxy) is 1. The van der Waals surface area contributed by atoms with Crippen molar-refractivity contribution in [1.82, 2.24) is 4.90 Å². The molecule has 0 atom stereocenters. The maximum absolute atomic E-state index is 12.4. The van der Waals surface area contributed by atoms with E-state index in [0.717, 1.165) is 0 Å². The molecule has 6 heteroatoms. The molecule has 0 heterocycles. The predicted octanol–water partition coefficient (Wildman–Crippen LogP) is 3.07. The van der Waals surface area contributed by atoms with E-state index in [4.69, 9.17) is 21.4 Å². The van der Waals surface area contributed by atoms with Crippen molar-refractivity contribution in [2.24, 2.45) is 11.8 Å². The van der Waals surface area contributed by atoms with Crippen LogP contribution in [0.5, 0.6) is 5.75 Å². The molecule has 23 heavy (non-hydrogen) atoms. The summed E-state index contributed by atoms with van der Waals surface area (Å²) >= 11 is 6.01. The van der Waals surface area contributed by atoms with Crippen molar-refractivity contribution in [3.05, 3.63) is 29.3 Å². The number of halogens is 1. The number of nitrogens with zero attached hydrogens (tertiary/aromatic N) is 1. The molecule has 0 aromatic heterocycles. The minimum absolute atomic E-state index is 0.0663. The Morgan fingerprint density at radius 3 is 2.43 bits per heavy atom. The number of aliphatic carboxylic acids is 1. The van der Waals surface area contributed by atoms with E-state index in [2.05, 4.69) is 0 Å². The first kappa shape index (κ1) is 17.6. The molecule has 0 bridgehead atoms. The topological polar surface area (TPSA) is 66.8 Å². The Morgan fingerprint density at radius 2 is 1.83 bits per heavy atom. The lowest BCUT2D eigenvalue weighted by Crippen LogP contribution is -2.38. The lowest BCUT2D eigenvalue weighted by atomic mass is 9.81. The second kappa shape index (κ2) is 8.20. The van der Waals surface area contributed by atoms with Gasteiger partial charge in [0.15, 0.2) is 0 Å². The first-order chi connectivity index (χ1) is 11.0. The van der Waals surface area contributed by atoms with E-state index in [1.807, 2.05) is 12.1 Å². The molecule has 1 aromatic rings. The lowest BCUT2D eigenvalue weighted by molar-refractivity contribution is -0.145. The fourth-order valence-electron chi connectivity index (χ4n) is 2.86. The maximum atomic E-state index is 12.4. The zero-order valence-electron chi connectivity index (χ0n) is 13.2. The molecule has 1 aliphatic rings. The minimum Gasteiger partial charge on any atom is -0.490 e. The van der Waals surface area contributed by atoms with Crippen LogP contribution >= 0.6 is 11.6 Å². The molecular weight excluding hydrogens is 318 g/mol. The lowest BCUT2D eigenvalue weighted by Gasteiger charge is -2.29. The highest BCUT2D eigenvalue weighted by molar-refractivity contribution is 6.32. The van der Waals surface area contributed by atoms with Crippen molar-refractivity contribution in [3.8, 4) is 5.75 Å². The highest BCUT2D eigenvalue weighted by Crippen LogP contribution is 2.30. The summed E-state index contributed by atoms with van der Waals surface area (Å²) in [5.74, 6) is -0.449. The van der Waals surface area contributed by atoms with Crippen LogP contribution in [0.15, 0.2) is 24.3 Å². The Balaban J connectivity index is 1.75. The van der Waals surface area contributed by atoms with E-state index in [1.165, 1.54) is 0 Å². The number of carboxylic acid groups (broad SMARTS) is 1. The van der Waals surface area contributed by atoms with Gasteiger partial charge in [0.1, 0.15) is 12.4 Å². The number of hydrogen-bond donors (Lipinski definition) is 1. The molecule has 1 aliphatic carbocycles. The van der Waals surface area contributed by atoms with Gasteiger partial charge >= 0.3 is 5.97 Å². The zero-order valence-corrected chi connectivity index (χ0v) is 14.0. The molecule has 1 N–H and O–H groups in total. The van der Waals surface area contributed by atoms with Crippen LogP contribution in [0, 0.1) is 11.8 Å². The Bertz CT molecular complexity index is 555. The summed E-state index contributed by atoms with van der Waals surface area (Å²) in [6, 6.07) is 7.22. The average Bonchev–Trinajstić information content (AvgIpc) is 2.56. The summed E-state index contributed by atoms with van der Waals surface area (Å²) in [5.41, 5.74) is 0. The third-order valence-corrected chi connectivity index (χ3v) is 4.64. The maximum Gasteiger partial charge on any atom is 0.306 e. The smallest absolute Gasteiger partial charge is 0.306 e. The molecule has 126 valence electrons. The van der Waals surface area contributed by atoms with Gasteiger partial charge in [0.2, 0.25) is 5.91 Å². The summed E-state index contributed by atoms with van der Waals surface area (Å²) in [6.45, 7) is 0.847. The summed E-state index contributed by atoms with van der Waals surface area (Å²) in [4.78, 5) is 25.0. The van der Waals surface area contributed by atoms with E-state index in [1.54, 1.807) is 24.1 Å². The van der Waals surface area contributed by atoms with Gasteiger partial charge in [0, 0.05) is 13.0 Å². The molecule has 1 fully saturated rings. The largest absolute Gasteiger partial charge is 0.490 e. The van der Waals surface area contributed by atoms with E-state index in [-0.39, 0.29) is 17.7 Å². The van der Waals surface area contributed by atoms with Gasteiger partial charge in [-0.1, -0.05) is 23.7 Å². The fraction of sp³-hybridized carbons (Fsp3) is 0.529. The average molecular weight is 340 g/mol. The summed E-state index contributed by atoms with van der Waals surface area (Å²) in [5, 5.41) is 9.55. The van der Waals surface area contributed by atoms with Crippen molar-refractivity contribution in [2.75, 3.05) is 20.2 Å². The zero-order chi connectivity index (χ0) is 16.8. The monoisotopic (exact) mass is 339 g/mol. The Hall–Kier alpha value is -1.75. The molecule has 0 unspecified atom stereocenters. The highest BCUT2D eigenvalue weighted by atomic mass is 35.5. The van der Waals surface area contributed by atoms with Crippen LogP contribution in [0.25, 0.3) is 0 Å². The number of likely N-dealkylation sites (N-methyl/N-ethyl adjacent to an activating group) is 1. The van der Waals surface area contributed by atoms with Gasteiger partial charge < -0.3 is 14.7 Å². The van der Waals surface area contributed by atoms with Crippen molar-refractivity contribution in [3.63, 3.8) is 0 Å². The van der Waals surface area contributed by atoms with Crippen molar-refractivity contribution in [1.29, 1.82) is 0 Å². The van der Waals surface area contributed by atoms with E-state index in [9.17, 15) is 9.59 Å². The van der Waals surface area contributed by atoms with Gasteiger partial charge in [-0.25, -0.2) is 0 Å². The first-order valence-corrected chi connectivity index (χ1v) is 8.22. The van der Waals surface area contributed by atoms with Gasteiger partial charge in [-0.05, 0) is 37.8 Å². The van der Waals surface area contributed by atoms with Gasteiger partial charge in [0.25, 0.3) is 0 Å². The molecule has 2 rings (SSSR count). The van der Waals surface area contributed by atoms with E-state index >= 15 is 0 Å². The van der Waals surface area contributed by atoms with Crippen LogP contribution in [0.4, 0.5) is 0 Å². The molecule has 0 spiro atoms. The molecular formula is C17H22ClNO4. The van der Waals surface area contributed by atoms with Gasteiger partial charge in [-0.15, -0.1) is 0 Å². The van der Waals surface area contributed by atoms with Gasteiger partial charge in [-0.3, -0.25) is 9.59 Å². The Labute approximate surface area is 141 Å². The molecule has 0 radical (unpaired) electrons. The first-order valence-electron chi connectivity index (χ1n) is 7.84. The van der Waals surface area contributed by atoms with Crippen LogP contribution in [0.1, 0.15) is 25.7 Å². The normalized spacial score (nSPS) is 20.8. The number of carbonyl (C=O) groups is 2. The van der Waals surface area contributed by atoms with Crippen LogP contribution in [0.2, 0.25) is 5.02 Å². The number of hydrogen-bond acceptors (Lipinski definition) is 3. The fourth-order valence-corrected chi connectivity index (χ4v) is 3.05. The number of carbonyl (C=O) groups excluding carboxylic acids is 1. The van der Waals surface area contributed by atoms with Crippen molar-refractivity contribution in [2.45, 2.75) is 25.7 Å². The Morgan fingerprint density at radius 1 is 1.22 bits per heavy atom. The summed E-state index contributed by atoms with van der Waals surface area (Å²) in [6.07, 6.45) is 2.45. The second-order valence-corrected chi connectivity index (χ2v) is 6.33. The van der Waals surface area contributed by atoms with Crippen LogP contribution in [0.3, 0.4) is 0 Å². The third kappa shape index (κ3) is 4.86. The minimum atomic E-state index is -0.752. The van der Waals surface area contributed by atoms with Gasteiger partial charge in [-0.2, -0.15) is 0 Å². The number of amides is 1.